The first-order chi connectivity index (χ1) is 33.5. The van der Waals surface area contributed by atoms with Crippen molar-refractivity contribution in [3.05, 3.63) is 76.4 Å². The zero-order valence-corrected chi connectivity index (χ0v) is 41.8. The molecule has 16 unspecified atom stereocenters. The molecule has 4 aliphatic carbocycles. The van der Waals surface area contributed by atoms with Gasteiger partial charge in [0.15, 0.2) is 23.7 Å². The minimum absolute atomic E-state index is 0.0190. The number of carbonyl (C=O) groups is 2. The van der Waals surface area contributed by atoms with Crippen LogP contribution in [0.5, 0.6) is 11.5 Å². The number of aliphatic hydroxyl groups excluding tert-OH is 5. The molecule has 0 aromatic heterocycles. The molecule has 2 aromatic carbocycles. The normalized spacial score (nSPS) is 36.2. The first kappa shape index (κ1) is 52.5. The molecule has 3 saturated carbocycles. The molecule has 16 atom stereocenters. The highest BCUT2D eigenvalue weighted by molar-refractivity contribution is 5.94. The van der Waals surface area contributed by atoms with Crippen molar-refractivity contribution in [1.82, 2.24) is 5.32 Å². The average Bonchev–Trinajstić information content (AvgIpc) is 3.33. The Bertz CT molecular complexity index is 2210. The number of esters is 2. The second-order valence-corrected chi connectivity index (χ2v) is 22.4. The zero-order valence-electron chi connectivity index (χ0n) is 41.8. The summed E-state index contributed by atoms with van der Waals surface area (Å²) >= 11 is 0. The van der Waals surface area contributed by atoms with Crippen molar-refractivity contribution in [3.63, 3.8) is 0 Å². The van der Waals surface area contributed by atoms with E-state index in [-0.39, 0.29) is 90.8 Å². The van der Waals surface area contributed by atoms with E-state index in [0.717, 1.165) is 68.1 Å². The number of fused-ring (bicyclic) bond motifs is 4. The van der Waals surface area contributed by atoms with E-state index in [1.807, 2.05) is 18.2 Å². The van der Waals surface area contributed by atoms with Gasteiger partial charge in [0.1, 0.15) is 12.2 Å². The molecular formula is C56H79NO13. The highest BCUT2D eigenvalue weighted by Crippen LogP contribution is 2.64. The molecule has 8 rings (SSSR count). The first-order valence-electron chi connectivity index (χ1n) is 26.2. The number of ether oxygens (including phenoxy) is 4. The topological polar surface area (TPSA) is 225 Å². The van der Waals surface area contributed by atoms with E-state index < -0.39 is 54.3 Å². The van der Waals surface area contributed by atoms with E-state index >= 15 is 4.79 Å². The van der Waals surface area contributed by atoms with Gasteiger partial charge in [-0.05, 0) is 183 Å². The molecule has 1 spiro atoms. The van der Waals surface area contributed by atoms with E-state index in [1.54, 1.807) is 31.2 Å². The SMILES string of the molecule is COc1cc(C=C(CC2c3cc(CCO)ccc3CCC2CO)C(=O)OC2C(OC(=O)CCC3CC(C)C4CCC5C(O)C(CC(C)C)CCC35C4)C(O)C3OC2(O)C=CC3NCC(C)O)ccc1O. The van der Waals surface area contributed by atoms with Crippen LogP contribution in [0.15, 0.2) is 54.1 Å². The van der Waals surface area contributed by atoms with Crippen molar-refractivity contribution in [2.24, 2.45) is 46.8 Å². The number of aryl methyl sites for hydroxylation is 1. The Hall–Kier alpha value is -3.86. The van der Waals surface area contributed by atoms with Gasteiger partial charge in [0, 0.05) is 31.8 Å². The number of hydrogen-bond donors (Lipinski definition) is 8. The molecule has 2 heterocycles. The molecule has 14 heteroatoms. The summed E-state index contributed by atoms with van der Waals surface area (Å²) in [6.45, 7) is 8.28. The zero-order chi connectivity index (χ0) is 50.1. The Balaban J connectivity index is 1.10. The fourth-order valence-corrected chi connectivity index (χ4v) is 13.9. The Morgan fingerprint density at radius 1 is 1.00 bits per heavy atom. The molecule has 4 fully saturated rings. The highest BCUT2D eigenvalue weighted by atomic mass is 16.7. The van der Waals surface area contributed by atoms with E-state index in [9.17, 15) is 40.5 Å². The molecule has 70 heavy (non-hydrogen) atoms. The predicted molar refractivity (Wildman–Crippen MR) is 262 cm³/mol. The Morgan fingerprint density at radius 2 is 1.80 bits per heavy atom. The summed E-state index contributed by atoms with van der Waals surface area (Å²) in [6.07, 6.45) is 6.82. The van der Waals surface area contributed by atoms with Crippen LogP contribution in [-0.4, -0.2) is 123 Å². The lowest BCUT2D eigenvalue weighted by Crippen LogP contribution is -2.71. The van der Waals surface area contributed by atoms with Crippen molar-refractivity contribution in [2.75, 3.05) is 26.9 Å². The Labute approximate surface area is 413 Å². The van der Waals surface area contributed by atoms with E-state index in [1.165, 1.54) is 19.3 Å². The largest absolute Gasteiger partial charge is 0.504 e. The van der Waals surface area contributed by atoms with Crippen LogP contribution in [0.3, 0.4) is 0 Å². The van der Waals surface area contributed by atoms with Crippen molar-refractivity contribution in [2.45, 2.75) is 166 Å². The first-order valence-corrected chi connectivity index (χ1v) is 26.2. The second-order valence-electron chi connectivity index (χ2n) is 22.4. The molecule has 4 bridgehead atoms. The number of nitrogens with one attached hydrogen (secondary N) is 1. The van der Waals surface area contributed by atoms with E-state index in [4.69, 9.17) is 18.9 Å². The molecule has 2 aliphatic heterocycles. The van der Waals surface area contributed by atoms with Gasteiger partial charge in [0.25, 0.3) is 0 Å². The molecule has 1 saturated heterocycles. The van der Waals surface area contributed by atoms with Crippen LogP contribution in [-0.2, 0) is 36.6 Å². The number of aliphatic hydroxyl groups is 6. The van der Waals surface area contributed by atoms with Gasteiger partial charge in [-0.15, -0.1) is 0 Å². The summed E-state index contributed by atoms with van der Waals surface area (Å²) in [7, 11) is 1.42. The number of carbonyl (C=O) groups excluding carboxylic acids is 2. The fraction of sp³-hybridized carbons (Fsp3) is 0.679. The predicted octanol–water partition coefficient (Wildman–Crippen LogP) is 5.88. The molecule has 0 radical (unpaired) electrons. The van der Waals surface area contributed by atoms with Crippen LogP contribution in [0.4, 0.5) is 0 Å². The van der Waals surface area contributed by atoms with Crippen LogP contribution in [0.25, 0.3) is 6.08 Å². The third-order valence-electron chi connectivity index (χ3n) is 17.4. The molecule has 8 N–H and O–H groups in total. The summed E-state index contributed by atoms with van der Waals surface area (Å²) in [5.41, 5.74) is 3.46. The van der Waals surface area contributed by atoms with Gasteiger partial charge in [-0.25, -0.2) is 4.79 Å². The molecule has 386 valence electrons. The van der Waals surface area contributed by atoms with Gasteiger partial charge in [0.2, 0.25) is 5.79 Å². The minimum Gasteiger partial charge on any atom is -0.504 e. The molecule has 2 aromatic rings. The third kappa shape index (κ3) is 10.9. The van der Waals surface area contributed by atoms with Gasteiger partial charge in [-0.3, -0.25) is 4.79 Å². The Kier molecular flexibility index (Phi) is 16.6. The molecular weight excluding hydrogens is 895 g/mol. The lowest BCUT2D eigenvalue weighted by Gasteiger charge is -2.62. The van der Waals surface area contributed by atoms with E-state index in [0.29, 0.717) is 42.6 Å². The van der Waals surface area contributed by atoms with Crippen LogP contribution in [0.1, 0.15) is 126 Å². The minimum atomic E-state index is -2.35. The maximum absolute atomic E-state index is 15.0. The summed E-state index contributed by atoms with van der Waals surface area (Å²) in [6, 6.07) is 9.94. The standard InChI is InChI=1S/C56H79NO13/c1-31(2)22-37-16-19-55-28-38(11-13-44(55)49(37)63)32(3)23-41(55)12-15-48(62)68-52-50(64)51-45(57-29-33(4)60)17-20-56(66,70-51)53(52)69-54(65)40(24-35-7-14-46(61)47(26-35)67-5)27-43-39(30-59)10-9-36-8-6-34(18-21-58)25-42(36)43/h6-8,14,17,20,24-26,31-33,37-39,41,43-45,49-53,57-61,63-64,66H,9-13,15-16,18-19,21-23,27-30H2,1-5H3. The van der Waals surface area contributed by atoms with Crippen LogP contribution < -0.4 is 10.1 Å². The van der Waals surface area contributed by atoms with Gasteiger partial charge >= 0.3 is 11.9 Å². The average molecular weight is 974 g/mol. The summed E-state index contributed by atoms with van der Waals surface area (Å²) in [4.78, 5) is 29.4. The summed E-state index contributed by atoms with van der Waals surface area (Å²) in [5.74, 6) is -2.22. The van der Waals surface area contributed by atoms with Gasteiger partial charge in [0.05, 0.1) is 25.4 Å². The number of phenols is 1. The number of aromatic hydroxyl groups is 1. The maximum atomic E-state index is 15.0. The molecule has 0 amide bonds. The quantitative estimate of drug-likeness (QED) is 0.0496. The third-order valence-corrected chi connectivity index (χ3v) is 17.4. The van der Waals surface area contributed by atoms with Crippen molar-refractivity contribution in [3.8, 4) is 11.5 Å². The second kappa shape index (κ2) is 22.1. The van der Waals surface area contributed by atoms with Crippen molar-refractivity contribution in [1.29, 1.82) is 0 Å². The Morgan fingerprint density at radius 3 is 2.53 bits per heavy atom. The molecule has 6 aliphatic rings. The number of phenolic OH excluding ortho intramolecular Hbond substituents is 1. The lowest BCUT2D eigenvalue weighted by molar-refractivity contribution is -0.333. The summed E-state index contributed by atoms with van der Waals surface area (Å²) in [5, 5.41) is 80.7. The van der Waals surface area contributed by atoms with Crippen molar-refractivity contribution >= 4 is 18.0 Å². The number of methoxy groups -OCH3 is 1. The maximum Gasteiger partial charge on any atom is 0.334 e. The number of benzene rings is 2. The highest BCUT2D eigenvalue weighted by Gasteiger charge is 2.61. The van der Waals surface area contributed by atoms with Gasteiger partial charge in [-0.2, -0.15) is 0 Å². The fourth-order valence-electron chi connectivity index (χ4n) is 13.9. The van der Waals surface area contributed by atoms with Crippen LogP contribution >= 0.6 is 0 Å². The smallest absolute Gasteiger partial charge is 0.334 e. The lowest BCUT2D eigenvalue weighted by atomic mass is 9.44. The van der Waals surface area contributed by atoms with Crippen LogP contribution in [0.2, 0.25) is 0 Å². The molecule has 14 nitrogen and oxygen atoms in total. The van der Waals surface area contributed by atoms with E-state index in [2.05, 4.69) is 26.1 Å². The number of hydrogen-bond acceptors (Lipinski definition) is 14. The van der Waals surface area contributed by atoms with Gasteiger partial charge in [-0.1, -0.05) is 51.1 Å². The number of rotatable bonds is 18. The van der Waals surface area contributed by atoms with Gasteiger partial charge < -0.3 is 60.0 Å². The van der Waals surface area contributed by atoms with Crippen molar-refractivity contribution < 1.29 is 64.3 Å². The monoisotopic (exact) mass is 974 g/mol. The summed E-state index contributed by atoms with van der Waals surface area (Å²) < 4.78 is 24.1. The van der Waals surface area contributed by atoms with Crippen LogP contribution in [0, 0.1) is 46.8 Å².